The predicted molar refractivity (Wildman–Crippen MR) is 82.4 cm³/mol. The lowest BCUT2D eigenvalue weighted by atomic mass is 9.82. The molecule has 2 atom stereocenters. The van der Waals surface area contributed by atoms with Gasteiger partial charge in [0.05, 0.1) is 11.8 Å². The van der Waals surface area contributed by atoms with Crippen molar-refractivity contribution in [3.8, 4) is 0 Å². The van der Waals surface area contributed by atoms with Gasteiger partial charge in [0.15, 0.2) is 0 Å². The lowest BCUT2D eigenvalue weighted by molar-refractivity contribution is -0.146. The van der Waals surface area contributed by atoms with Gasteiger partial charge in [0.2, 0.25) is 11.8 Å². The quantitative estimate of drug-likeness (QED) is 0.743. The van der Waals surface area contributed by atoms with Gasteiger partial charge in [-0.05, 0) is 31.0 Å². The molecule has 22 heavy (non-hydrogen) atoms. The fourth-order valence-electron chi connectivity index (χ4n) is 2.49. The SMILES string of the molecule is CC(=O)Nc1cccc(NC(=O)C2CC=CCC2C(=O)O)c1. The minimum Gasteiger partial charge on any atom is -0.481 e. The smallest absolute Gasteiger partial charge is 0.307 e. The van der Waals surface area contributed by atoms with E-state index in [1.807, 2.05) is 6.08 Å². The summed E-state index contributed by atoms with van der Waals surface area (Å²) in [4.78, 5) is 34.6. The van der Waals surface area contributed by atoms with Gasteiger partial charge in [-0.3, -0.25) is 14.4 Å². The normalized spacial score (nSPS) is 20.2. The molecular weight excluding hydrogens is 284 g/mol. The van der Waals surface area contributed by atoms with Gasteiger partial charge < -0.3 is 15.7 Å². The molecule has 1 aliphatic carbocycles. The number of carbonyl (C=O) groups excluding carboxylic acids is 2. The fourth-order valence-corrected chi connectivity index (χ4v) is 2.49. The number of nitrogens with one attached hydrogen (secondary N) is 2. The van der Waals surface area contributed by atoms with Crippen LogP contribution < -0.4 is 10.6 Å². The summed E-state index contributed by atoms with van der Waals surface area (Å²) in [5.74, 6) is -2.78. The number of hydrogen-bond donors (Lipinski definition) is 3. The van der Waals surface area contributed by atoms with Crippen molar-refractivity contribution in [1.82, 2.24) is 0 Å². The zero-order valence-corrected chi connectivity index (χ0v) is 12.2. The van der Waals surface area contributed by atoms with Crippen molar-refractivity contribution in [3.05, 3.63) is 36.4 Å². The molecule has 0 saturated carbocycles. The number of carboxylic acid groups (broad SMARTS) is 1. The Morgan fingerprint density at radius 3 is 2.23 bits per heavy atom. The zero-order chi connectivity index (χ0) is 16.1. The van der Waals surface area contributed by atoms with Crippen LogP contribution in [0.1, 0.15) is 19.8 Å². The highest BCUT2D eigenvalue weighted by molar-refractivity contribution is 5.96. The van der Waals surface area contributed by atoms with Gasteiger partial charge in [-0.15, -0.1) is 0 Å². The summed E-state index contributed by atoms with van der Waals surface area (Å²) >= 11 is 0. The summed E-state index contributed by atoms with van der Waals surface area (Å²) in [5.41, 5.74) is 1.10. The third kappa shape index (κ3) is 3.94. The molecule has 0 spiro atoms. The van der Waals surface area contributed by atoms with Crippen LogP contribution in [0.5, 0.6) is 0 Å². The van der Waals surface area contributed by atoms with Crippen molar-refractivity contribution in [2.24, 2.45) is 11.8 Å². The highest BCUT2D eigenvalue weighted by Gasteiger charge is 2.33. The predicted octanol–water partition coefficient (Wildman–Crippen LogP) is 2.25. The van der Waals surface area contributed by atoms with E-state index in [2.05, 4.69) is 10.6 Å². The molecule has 1 aromatic carbocycles. The summed E-state index contributed by atoms with van der Waals surface area (Å²) in [7, 11) is 0. The lowest BCUT2D eigenvalue weighted by Gasteiger charge is -2.24. The summed E-state index contributed by atoms with van der Waals surface area (Å²) in [6.45, 7) is 1.40. The number of carbonyl (C=O) groups is 3. The van der Waals surface area contributed by atoms with Crippen LogP contribution >= 0.6 is 0 Å². The largest absolute Gasteiger partial charge is 0.481 e. The first kappa shape index (κ1) is 15.8. The third-order valence-corrected chi connectivity index (χ3v) is 3.54. The molecule has 1 aliphatic rings. The van der Waals surface area contributed by atoms with E-state index >= 15 is 0 Å². The average molecular weight is 302 g/mol. The monoisotopic (exact) mass is 302 g/mol. The van der Waals surface area contributed by atoms with Crippen LogP contribution in [0, 0.1) is 11.8 Å². The van der Waals surface area contributed by atoms with Crippen molar-refractivity contribution in [2.75, 3.05) is 10.6 Å². The third-order valence-electron chi connectivity index (χ3n) is 3.54. The Bertz CT molecular complexity index is 624. The van der Waals surface area contributed by atoms with Crippen LogP contribution in [0.15, 0.2) is 36.4 Å². The molecule has 0 saturated heterocycles. The van der Waals surface area contributed by atoms with Gasteiger partial charge in [0.25, 0.3) is 0 Å². The van der Waals surface area contributed by atoms with E-state index in [1.165, 1.54) is 6.92 Å². The number of anilines is 2. The molecular formula is C16H18N2O4. The van der Waals surface area contributed by atoms with E-state index < -0.39 is 17.8 Å². The molecule has 1 aromatic rings. The molecule has 0 radical (unpaired) electrons. The summed E-state index contributed by atoms with van der Waals surface area (Å²) in [5, 5.41) is 14.6. The number of aliphatic carboxylic acids is 1. The summed E-state index contributed by atoms with van der Waals surface area (Å²) in [6, 6.07) is 6.74. The second-order valence-electron chi connectivity index (χ2n) is 5.25. The van der Waals surface area contributed by atoms with Gasteiger partial charge in [0.1, 0.15) is 0 Å². The number of carboxylic acids is 1. The van der Waals surface area contributed by atoms with Gasteiger partial charge in [-0.25, -0.2) is 0 Å². The summed E-state index contributed by atoms with van der Waals surface area (Å²) < 4.78 is 0. The molecule has 3 N–H and O–H groups in total. The van der Waals surface area contributed by atoms with Crippen LogP contribution in [0.2, 0.25) is 0 Å². The Morgan fingerprint density at radius 1 is 1.05 bits per heavy atom. The molecule has 0 bridgehead atoms. The minimum absolute atomic E-state index is 0.202. The van der Waals surface area contributed by atoms with Crippen molar-refractivity contribution >= 4 is 29.2 Å². The Morgan fingerprint density at radius 2 is 1.64 bits per heavy atom. The molecule has 6 heteroatoms. The van der Waals surface area contributed by atoms with E-state index in [1.54, 1.807) is 30.3 Å². The number of allylic oxidation sites excluding steroid dienone is 2. The molecule has 2 unspecified atom stereocenters. The lowest BCUT2D eigenvalue weighted by Crippen LogP contribution is -2.34. The van der Waals surface area contributed by atoms with Crippen molar-refractivity contribution in [3.63, 3.8) is 0 Å². The van der Waals surface area contributed by atoms with Crippen LogP contribution in [0.25, 0.3) is 0 Å². The number of amides is 2. The van der Waals surface area contributed by atoms with Gasteiger partial charge in [0, 0.05) is 18.3 Å². The molecule has 0 heterocycles. The Kier molecular flexibility index (Phi) is 4.93. The van der Waals surface area contributed by atoms with Crippen molar-refractivity contribution in [2.45, 2.75) is 19.8 Å². The maximum absolute atomic E-state index is 12.3. The minimum atomic E-state index is -0.962. The molecule has 2 amide bonds. The van der Waals surface area contributed by atoms with Crippen LogP contribution in [0.4, 0.5) is 11.4 Å². The molecule has 0 aliphatic heterocycles. The maximum atomic E-state index is 12.3. The average Bonchev–Trinajstić information content (AvgIpc) is 2.46. The Balaban J connectivity index is 2.09. The van der Waals surface area contributed by atoms with E-state index in [0.717, 1.165) is 0 Å². The zero-order valence-electron chi connectivity index (χ0n) is 12.2. The van der Waals surface area contributed by atoms with Crippen molar-refractivity contribution < 1.29 is 19.5 Å². The highest BCUT2D eigenvalue weighted by Crippen LogP contribution is 2.27. The molecule has 116 valence electrons. The number of benzene rings is 1. The van der Waals surface area contributed by atoms with Crippen LogP contribution in [-0.2, 0) is 14.4 Å². The molecule has 6 nitrogen and oxygen atoms in total. The molecule has 0 aromatic heterocycles. The standard InChI is InChI=1S/C16H18N2O4/c1-10(19)17-11-5-4-6-12(9-11)18-15(20)13-7-2-3-8-14(13)16(21)22/h2-6,9,13-14H,7-8H2,1H3,(H,17,19)(H,18,20)(H,21,22). The van der Waals surface area contributed by atoms with Gasteiger partial charge in [-0.1, -0.05) is 18.2 Å². The van der Waals surface area contributed by atoms with E-state index in [9.17, 15) is 19.5 Å². The van der Waals surface area contributed by atoms with Gasteiger partial charge >= 0.3 is 5.97 Å². The number of rotatable bonds is 4. The first-order valence-corrected chi connectivity index (χ1v) is 7.03. The first-order chi connectivity index (χ1) is 10.5. The molecule has 0 fully saturated rings. The van der Waals surface area contributed by atoms with Crippen LogP contribution in [0.3, 0.4) is 0 Å². The summed E-state index contributed by atoms with van der Waals surface area (Å²) in [6.07, 6.45) is 4.39. The Labute approximate surface area is 128 Å². The van der Waals surface area contributed by atoms with Gasteiger partial charge in [-0.2, -0.15) is 0 Å². The fraction of sp³-hybridized carbons (Fsp3) is 0.312. The highest BCUT2D eigenvalue weighted by atomic mass is 16.4. The number of hydrogen-bond acceptors (Lipinski definition) is 3. The topological polar surface area (TPSA) is 95.5 Å². The van der Waals surface area contributed by atoms with E-state index in [-0.39, 0.29) is 11.8 Å². The molecule has 2 rings (SSSR count). The second kappa shape index (κ2) is 6.89. The van der Waals surface area contributed by atoms with Crippen molar-refractivity contribution in [1.29, 1.82) is 0 Å². The van der Waals surface area contributed by atoms with E-state index in [0.29, 0.717) is 24.2 Å². The first-order valence-electron chi connectivity index (χ1n) is 7.03. The second-order valence-corrected chi connectivity index (χ2v) is 5.25. The Hall–Kier alpha value is -2.63. The maximum Gasteiger partial charge on any atom is 0.307 e. The van der Waals surface area contributed by atoms with E-state index in [4.69, 9.17) is 0 Å². The van der Waals surface area contributed by atoms with Crippen LogP contribution in [-0.4, -0.2) is 22.9 Å².